The van der Waals surface area contributed by atoms with Gasteiger partial charge in [0.15, 0.2) is 0 Å². The molecule has 0 aromatic rings. The van der Waals surface area contributed by atoms with Crippen LogP contribution in [0, 0.1) is 0 Å². The lowest BCUT2D eigenvalue weighted by atomic mass is 10.1. The van der Waals surface area contributed by atoms with E-state index in [1.807, 2.05) is 23.7 Å². The maximum Gasteiger partial charge on any atom is 0.236 e. The van der Waals surface area contributed by atoms with Crippen molar-refractivity contribution in [1.29, 1.82) is 0 Å². The van der Waals surface area contributed by atoms with Crippen LogP contribution in [0.1, 0.15) is 27.2 Å². The fraction of sp³-hybridized carbons (Fsp3) is 0.909. The molecule has 1 N–H and O–H groups in total. The molecule has 1 saturated heterocycles. The van der Waals surface area contributed by atoms with Crippen LogP contribution in [0.4, 0.5) is 0 Å². The molecular formula is C11H22N2OS. The van der Waals surface area contributed by atoms with Gasteiger partial charge in [-0.3, -0.25) is 4.79 Å². The van der Waals surface area contributed by atoms with Gasteiger partial charge in [0.2, 0.25) is 5.91 Å². The Labute approximate surface area is 97.0 Å². The smallest absolute Gasteiger partial charge is 0.236 e. The van der Waals surface area contributed by atoms with Gasteiger partial charge < -0.3 is 10.2 Å². The number of hydrogen-bond acceptors (Lipinski definition) is 3. The first-order valence-electron chi connectivity index (χ1n) is 5.48. The molecule has 0 spiro atoms. The summed E-state index contributed by atoms with van der Waals surface area (Å²) in [6.07, 6.45) is 1.14. The zero-order valence-corrected chi connectivity index (χ0v) is 11.0. The molecule has 15 heavy (non-hydrogen) atoms. The minimum Gasteiger partial charge on any atom is -0.341 e. The van der Waals surface area contributed by atoms with Gasteiger partial charge >= 0.3 is 0 Å². The van der Waals surface area contributed by atoms with E-state index in [0.717, 1.165) is 12.2 Å². The fourth-order valence-corrected chi connectivity index (χ4v) is 2.76. The molecule has 0 saturated carbocycles. The fourth-order valence-electron chi connectivity index (χ4n) is 1.50. The molecule has 0 aromatic carbocycles. The molecule has 0 bridgehead atoms. The molecule has 88 valence electrons. The molecule has 1 aliphatic heterocycles. The highest BCUT2D eigenvalue weighted by atomic mass is 32.2. The van der Waals surface area contributed by atoms with E-state index in [0.29, 0.717) is 12.6 Å². The highest BCUT2D eigenvalue weighted by molar-refractivity contribution is 7.99. The lowest BCUT2D eigenvalue weighted by Crippen LogP contribution is -2.46. The predicted octanol–water partition coefficient (Wildman–Crippen LogP) is 1.34. The van der Waals surface area contributed by atoms with Gasteiger partial charge in [-0.1, -0.05) is 0 Å². The molecule has 0 radical (unpaired) electrons. The van der Waals surface area contributed by atoms with Gasteiger partial charge in [-0.2, -0.15) is 11.8 Å². The van der Waals surface area contributed by atoms with Crippen LogP contribution in [-0.2, 0) is 4.79 Å². The Hall–Kier alpha value is -0.220. The summed E-state index contributed by atoms with van der Waals surface area (Å²) in [6.45, 7) is 6.67. The Morgan fingerprint density at radius 3 is 2.67 bits per heavy atom. The Kier molecular flexibility index (Phi) is 4.46. The Bertz CT molecular complexity index is 219. The Morgan fingerprint density at radius 1 is 1.53 bits per heavy atom. The number of nitrogens with one attached hydrogen (secondary N) is 1. The standard InChI is InChI=1S/C11H22N2OS/c1-11(2,3)12-7-10(14)13(4)9-5-6-15-8-9/h9,12H,5-8H2,1-4H3. The molecule has 1 rings (SSSR count). The molecule has 1 unspecified atom stereocenters. The van der Waals surface area contributed by atoms with Crippen molar-refractivity contribution in [2.45, 2.75) is 38.8 Å². The first kappa shape index (κ1) is 12.8. The average molecular weight is 230 g/mol. The van der Waals surface area contributed by atoms with Crippen molar-refractivity contribution in [2.24, 2.45) is 0 Å². The third-order valence-electron chi connectivity index (χ3n) is 2.62. The van der Waals surface area contributed by atoms with Gasteiger partial charge in [-0.05, 0) is 32.9 Å². The quantitative estimate of drug-likeness (QED) is 0.794. The number of carbonyl (C=O) groups is 1. The van der Waals surface area contributed by atoms with Crippen LogP contribution in [-0.4, -0.2) is 47.5 Å². The van der Waals surface area contributed by atoms with Crippen molar-refractivity contribution in [1.82, 2.24) is 10.2 Å². The number of thioether (sulfide) groups is 1. The van der Waals surface area contributed by atoms with E-state index in [2.05, 4.69) is 26.1 Å². The molecule has 1 atom stereocenters. The second kappa shape index (κ2) is 5.21. The first-order valence-corrected chi connectivity index (χ1v) is 6.64. The lowest BCUT2D eigenvalue weighted by molar-refractivity contribution is -0.130. The average Bonchev–Trinajstić information content (AvgIpc) is 2.64. The summed E-state index contributed by atoms with van der Waals surface area (Å²) in [6, 6.07) is 0.448. The van der Waals surface area contributed by atoms with Crippen LogP contribution in [0.3, 0.4) is 0 Å². The Morgan fingerprint density at radius 2 is 2.20 bits per heavy atom. The van der Waals surface area contributed by atoms with E-state index in [4.69, 9.17) is 0 Å². The molecule has 1 fully saturated rings. The van der Waals surface area contributed by atoms with Crippen molar-refractivity contribution < 1.29 is 4.79 Å². The van der Waals surface area contributed by atoms with Crippen molar-refractivity contribution in [3.8, 4) is 0 Å². The van der Waals surface area contributed by atoms with E-state index in [1.54, 1.807) is 0 Å². The van der Waals surface area contributed by atoms with Gasteiger partial charge in [-0.25, -0.2) is 0 Å². The predicted molar refractivity (Wildman–Crippen MR) is 66.3 cm³/mol. The van der Waals surface area contributed by atoms with Crippen LogP contribution >= 0.6 is 11.8 Å². The van der Waals surface area contributed by atoms with Crippen LogP contribution in [0.15, 0.2) is 0 Å². The number of rotatable bonds is 3. The molecule has 1 heterocycles. The zero-order chi connectivity index (χ0) is 11.5. The first-order chi connectivity index (χ1) is 6.90. The Balaban J connectivity index is 2.32. The van der Waals surface area contributed by atoms with Crippen LogP contribution in [0.25, 0.3) is 0 Å². The molecular weight excluding hydrogens is 208 g/mol. The molecule has 1 aliphatic rings. The third kappa shape index (κ3) is 4.43. The maximum absolute atomic E-state index is 11.8. The second-order valence-corrected chi connectivity index (χ2v) is 6.28. The molecule has 0 aliphatic carbocycles. The van der Waals surface area contributed by atoms with E-state index in [9.17, 15) is 4.79 Å². The summed E-state index contributed by atoms with van der Waals surface area (Å²) in [5.74, 6) is 2.49. The van der Waals surface area contributed by atoms with E-state index < -0.39 is 0 Å². The summed E-state index contributed by atoms with van der Waals surface area (Å²) in [5.41, 5.74) is 0.0148. The summed E-state index contributed by atoms with van der Waals surface area (Å²) in [7, 11) is 1.92. The van der Waals surface area contributed by atoms with E-state index in [-0.39, 0.29) is 11.4 Å². The zero-order valence-electron chi connectivity index (χ0n) is 10.2. The van der Waals surface area contributed by atoms with E-state index >= 15 is 0 Å². The summed E-state index contributed by atoms with van der Waals surface area (Å²) >= 11 is 1.94. The highest BCUT2D eigenvalue weighted by Gasteiger charge is 2.24. The van der Waals surface area contributed by atoms with E-state index in [1.165, 1.54) is 5.75 Å². The van der Waals surface area contributed by atoms with Crippen LogP contribution in [0.2, 0.25) is 0 Å². The number of hydrogen-bond donors (Lipinski definition) is 1. The number of carbonyl (C=O) groups excluding carboxylic acids is 1. The van der Waals surface area contributed by atoms with Gasteiger partial charge in [0.05, 0.1) is 6.54 Å². The normalized spacial score (nSPS) is 21.7. The maximum atomic E-state index is 11.8. The third-order valence-corrected chi connectivity index (χ3v) is 3.76. The minimum absolute atomic E-state index is 0.0148. The molecule has 3 nitrogen and oxygen atoms in total. The second-order valence-electron chi connectivity index (χ2n) is 5.13. The largest absolute Gasteiger partial charge is 0.341 e. The van der Waals surface area contributed by atoms with Crippen LogP contribution < -0.4 is 5.32 Å². The number of nitrogens with zero attached hydrogens (tertiary/aromatic N) is 1. The van der Waals surface area contributed by atoms with Gasteiger partial charge in [0.25, 0.3) is 0 Å². The van der Waals surface area contributed by atoms with Crippen LogP contribution in [0.5, 0.6) is 0 Å². The highest BCUT2D eigenvalue weighted by Crippen LogP contribution is 2.21. The monoisotopic (exact) mass is 230 g/mol. The van der Waals surface area contributed by atoms with Crippen molar-refractivity contribution in [3.05, 3.63) is 0 Å². The minimum atomic E-state index is 0.0148. The van der Waals surface area contributed by atoms with Crippen molar-refractivity contribution in [3.63, 3.8) is 0 Å². The summed E-state index contributed by atoms with van der Waals surface area (Å²) < 4.78 is 0. The molecule has 0 aromatic heterocycles. The van der Waals surface area contributed by atoms with Crippen molar-refractivity contribution in [2.75, 3.05) is 25.1 Å². The number of amides is 1. The molecule has 1 amide bonds. The lowest BCUT2D eigenvalue weighted by Gasteiger charge is -2.26. The molecule has 4 heteroatoms. The SMILES string of the molecule is CN(C(=O)CNC(C)(C)C)C1CCSC1. The van der Waals surface area contributed by atoms with Gasteiger partial charge in [0.1, 0.15) is 0 Å². The van der Waals surface area contributed by atoms with Crippen molar-refractivity contribution >= 4 is 17.7 Å². The topological polar surface area (TPSA) is 32.3 Å². The van der Waals surface area contributed by atoms with Gasteiger partial charge in [0, 0.05) is 24.4 Å². The summed E-state index contributed by atoms with van der Waals surface area (Å²) in [5, 5.41) is 3.23. The summed E-state index contributed by atoms with van der Waals surface area (Å²) in [4.78, 5) is 13.7. The number of likely N-dealkylation sites (N-methyl/N-ethyl adjacent to an activating group) is 1. The van der Waals surface area contributed by atoms with Gasteiger partial charge in [-0.15, -0.1) is 0 Å².